The number of carbonyl (C=O) groups is 1. The maximum absolute atomic E-state index is 11.1. The molecule has 0 atom stereocenters. The minimum absolute atomic E-state index is 0.0534. The quantitative estimate of drug-likeness (QED) is 0.640. The summed E-state index contributed by atoms with van der Waals surface area (Å²) in [5.41, 5.74) is 0.498. The molecule has 1 aromatic rings. The first-order chi connectivity index (χ1) is 5.77. The average molecular weight is 165 g/mol. The molecule has 0 bridgehead atoms. The standard InChI is InChI=1S/C9H11NO2/c1-3-9(11)8-5-4-7(12-2)6-10-8/h4-6H,3H2,1-2H3. The van der Waals surface area contributed by atoms with Crippen molar-refractivity contribution in [3.05, 3.63) is 24.0 Å². The molecule has 0 aromatic carbocycles. The first kappa shape index (κ1) is 8.71. The zero-order valence-corrected chi connectivity index (χ0v) is 7.20. The number of aromatic nitrogens is 1. The molecule has 64 valence electrons. The molecule has 0 aliphatic rings. The molecule has 0 aliphatic heterocycles. The van der Waals surface area contributed by atoms with E-state index in [4.69, 9.17) is 4.74 Å². The monoisotopic (exact) mass is 165 g/mol. The number of ether oxygens (including phenoxy) is 1. The lowest BCUT2D eigenvalue weighted by atomic mass is 10.2. The highest BCUT2D eigenvalue weighted by Crippen LogP contribution is 2.08. The SMILES string of the molecule is CCC(=O)c1ccc(OC)cn1. The highest BCUT2D eigenvalue weighted by Gasteiger charge is 2.03. The summed E-state index contributed by atoms with van der Waals surface area (Å²) in [7, 11) is 1.57. The molecule has 0 amide bonds. The first-order valence-corrected chi connectivity index (χ1v) is 3.81. The van der Waals surface area contributed by atoms with E-state index in [2.05, 4.69) is 4.98 Å². The average Bonchev–Trinajstić information content (AvgIpc) is 2.17. The van der Waals surface area contributed by atoms with Crippen LogP contribution in [0.1, 0.15) is 23.8 Å². The highest BCUT2D eigenvalue weighted by atomic mass is 16.5. The highest BCUT2D eigenvalue weighted by molar-refractivity contribution is 5.93. The van der Waals surface area contributed by atoms with Gasteiger partial charge in [0.1, 0.15) is 11.4 Å². The van der Waals surface area contributed by atoms with Gasteiger partial charge in [0.2, 0.25) is 0 Å². The van der Waals surface area contributed by atoms with Gasteiger partial charge in [-0.2, -0.15) is 0 Å². The zero-order valence-electron chi connectivity index (χ0n) is 7.20. The molecule has 0 radical (unpaired) electrons. The molecule has 0 spiro atoms. The van der Waals surface area contributed by atoms with Gasteiger partial charge in [-0.3, -0.25) is 4.79 Å². The Kier molecular flexibility index (Phi) is 2.80. The molecule has 0 saturated carbocycles. The number of Topliss-reactive ketones (excluding diaryl/α,β-unsaturated/α-hetero) is 1. The van der Waals surface area contributed by atoms with Gasteiger partial charge in [-0.15, -0.1) is 0 Å². The Morgan fingerprint density at radius 2 is 2.33 bits per heavy atom. The van der Waals surface area contributed by atoms with E-state index in [0.29, 0.717) is 17.9 Å². The molecular formula is C9H11NO2. The van der Waals surface area contributed by atoms with Gasteiger partial charge in [-0.05, 0) is 12.1 Å². The molecule has 0 unspecified atom stereocenters. The van der Waals surface area contributed by atoms with E-state index in [0.717, 1.165) is 0 Å². The minimum Gasteiger partial charge on any atom is -0.495 e. The number of ketones is 1. The largest absolute Gasteiger partial charge is 0.495 e. The van der Waals surface area contributed by atoms with Gasteiger partial charge in [0.15, 0.2) is 5.78 Å². The fraction of sp³-hybridized carbons (Fsp3) is 0.333. The van der Waals surface area contributed by atoms with Crippen molar-refractivity contribution in [2.75, 3.05) is 7.11 Å². The van der Waals surface area contributed by atoms with Crippen LogP contribution < -0.4 is 4.74 Å². The van der Waals surface area contributed by atoms with Crippen molar-refractivity contribution in [2.24, 2.45) is 0 Å². The van der Waals surface area contributed by atoms with Crippen LogP contribution in [-0.2, 0) is 0 Å². The van der Waals surface area contributed by atoms with Crippen LogP contribution >= 0.6 is 0 Å². The second-order valence-corrected chi connectivity index (χ2v) is 2.36. The maximum Gasteiger partial charge on any atom is 0.180 e. The molecule has 12 heavy (non-hydrogen) atoms. The Bertz CT molecular complexity index is 266. The number of carbonyl (C=O) groups excluding carboxylic acids is 1. The maximum atomic E-state index is 11.1. The summed E-state index contributed by atoms with van der Waals surface area (Å²) in [6.07, 6.45) is 2.03. The summed E-state index contributed by atoms with van der Waals surface area (Å²) in [5, 5.41) is 0. The van der Waals surface area contributed by atoms with Gasteiger partial charge in [0.25, 0.3) is 0 Å². The van der Waals surface area contributed by atoms with Crippen molar-refractivity contribution in [3.8, 4) is 5.75 Å². The van der Waals surface area contributed by atoms with Crippen molar-refractivity contribution in [1.29, 1.82) is 0 Å². The van der Waals surface area contributed by atoms with E-state index in [-0.39, 0.29) is 5.78 Å². The number of hydrogen-bond acceptors (Lipinski definition) is 3. The van der Waals surface area contributed by atoms with Crippen LogP contribution in [0, 0.1) is 0 Å². The third-order valence-electron chi connectivity index (χ3n) is 1.58. The lowest BCUT2D eigenvalue weighted by Crippen LogP contribution is -1.99. The predicted molar refractivity (Wildman–Crippen MR) is 45.4 cm³/mol. The van der Waals surface area contributed by atoms with E-state index < -0.39 is 0 Å². The number of rotatable bonds is 3. The van der Waals surface area contributed by atoms with Gasteiger partial charge < -0.3 is 4.74 Å². The van der Waals surface area contributed by atoms with Crippen LogP contribution in [0.2, 0.25) is 0 Å². The lowest BCUT2D eigenvalue weighted by molar-refractivity contribution is 0.0983. The molecule has 0 fully saturated rings. The van der Waals surface area contributed by atoms with Crippen LogP contribution in [0.25, 0.3) is 0 Å². The Labute approximate surface area is 71.4 Å². The molecule has 3 heteroatoms. The fourth-order valence-corrected chi connectivity index (χ4v) is 0.847. The molecule has 1 aromatic heterocycles. The zero-order chi connectivity index (χ0) is 8.97. The van der Waals surface area contributed by atoms with Crippen molar-refractivity contribution < 1.29 is 9.53 Å². The van der Waals surface area contributed by atoms with Crippen LogP contribution in [0.5, 0.6) is 5.75 Å². The van der Waals surface area contributed by atoms with Gasteiger partial charge in [-0.1, -0.05) is 6.92 Å². The van der Waals surface area contributed by atoms with Gasteiger partial charge in [-0.25, -0.2) is 4.98 Å². The molecule has 3 nitrogen and oxygen atoms in total. The van der Waals surface area contributed by atoms with Gasteiger partial charge in [0, 0.05) is 6.42 Å². The van der Waals surface area contributed by atoms with E-state index >= 15 is 0 Å². The predicted octanol–water partition coefficient (Wildman–Crippen LogP) is 1.68. The Hall–Kier alpha value is -1.38. The molecule has 0 aliphatic carbocycles. The summed E-state index contributed by atoms with van der Waals surface area (Å²) in [6, 6.07) is 3.40. The molecule has 0 saturated heterocycles. The number of pyridine rings is 1. The summed E-state index contributed by atoms with van der Waals surface area (Å²) >= 11 is 0. The van der Waals surface area contributed by atoms with E-state index in [9.17, 15) is 4.79 Å². The molecule has 1 rings (SSSR count). The van der Waals surface area contributed by atoms with Crippen molar-refractivity contribution >= 4 is 5.78 Å². The van der Waals surface area contributed by atoms with Crippen molar-refractivity contribution in [3.63, 3.8) is 0 Å². The van der Waals surface area contributed by atoms with Crippen LogP contribution in [-0.4, -0.2) is 17.9 Å². The molecule has 0 N–H and O–H groups in total. The van der Waals surface area contributed by atoms with E-state index in [1.165, 1.54) is 0 Å². The fourth-order valence-electron chi connectivity index (χ4n) is 0.847. The van der Waals surface area contributed by atoms with Gasteiger partial charge in [0.05, 0.1) is 13.3 Å². The third-order valence-corrected chi connectivity index (χ3v) is 1.58. The smallest absolute Gasteiger partial charge is 0.180 e. The summed E-state index contributed by atoms with van der Waals surface area (Å²) in [4.78, 5) is 15.1. The Morgan fingerprint density at radius 3 is 2.75 bits per heavy atom. The summed E-state index contributed by atoms with van der Waals surface area (Å²) < 4.78 is 4.91. The lowest BCUT2D eigenvalue weighted by Gasteiger charge is -1.99. The molecule has 1 heterocycles. The number of nitrogens with zero attached hydrogens (tertiary/aromatic N) is 1. The third kappa shape index (κ3) is 1.81. The van der Waals surface area contributed by atoms with E-state index in [1.807, 2.05) is 6.92 Å². The van der Waals surface area contributed by atoms with E-state index in [1.54, 1.807) is 25.4 Å². The number of methoxy groups -OCH3 is 1. The van der Waals surface area contributed by atoms with Gasteiger partial charge >= 0.3 is 0 Å². The molecular weight excluding hydrogens is 154 g/mol. The second kappa shape index (κ2) is 3.85. The Balaban J connectivity index is 2.84. The number of hydrogen-bond donors (Lipinski definition) is 0. The van der Waals surface area contributed by atoms with Crippen LogP contribution in [0.4, 0.5) is 0 Å². The first-order valence-electron chi connectivity index (χ1n) is 3.81. The topological polar surface area (TPSA) is 39.2 Å². The Morgan fingerprint density at radius 1 is 1.58 bits per heavy atom. The van der Waals surface area contributed by atoms with Crippen LogP contribution in [0.3, 0.4) is 0 Å². The normalized spacial score (nSPS) is 9.50. The van der Waals surface area contributed by atoms with Crippen molar-refractivity contribution in [1.82, 2.24) is 4.98 Å². The summed E-state index contributed by atoms with van der Waals surface area (Å²) in [5.74, 6) is 0.723. The van der Waals surface area contributed by atoms with Crippen LogP contribution in [0.15, 0.2) is 18.3 Å². The van der Waals surface area contributed by atoms with Crippen molar-refractivity contribution in [2.45, 2.75) is 13.3 Å². The summed E-state index contributed by atoms with van der Waals surface area (Å²) in [6.45, 7) is 1.81. The second-order valence-electron chi connectivity index (χ2n) is 2.36. The minimum atomic E-state index is 0.0534.